The van der Waals surface area contributed by atoms with Crippen molar-refractivity contribution < 1.29 is 13.9 Å². The van der Waals surface area contributed by atoms with Gasteiger partial charge in [0.25, 0.3) is 0 Å². The van der Waals surface area contributed by atoms with E-state index >= 15 is 0 Å². The topological polar surface area (TPSA) is 53.3 Å². The molecule has 0 spiro atoms. The fourth-order valence-corrected chi connectivity index (χ4v) is 2.08. The van der Waals surface area contributed by atoms with E-state index in [0.717, 1.165) is 0 Å². The average molecular weight is 299 g/mol. The minimum Gasteiger partial charge on any atom is -0.486 e. The van der Waals surface area contributed by atoms with Crippen LogP contribution >= 0.6 is 15.9 Å². The molecule has 0 bridgehead atoms. The molecule has 0 aromatic heterocycles. The number of amides is 1. The largest absolute Gasteiger partial charge is 0.486 e. The Kier molecular flexibility index (Phi) is 3.03. The Morgan fingerprint density at radius 1 is 1.71 bits per heavy atom. The number of rotatable bonds is 0. The quantitative estimate of drug-likeness (QED) is 0.738. The predicted octanol–water partition coefficient (Wildman–Crippen LogP) is 2.21. The van der Waals surface area contributed by atoms with E-state index in [-0.39, 0.29) is 28.3 Å². The van der Waals surface area contributed by atoms with Crippen LogP contribution in [0.5, 0.6) is 5.75 Å². The minimum absolute atomic E-state index is 0.0114. The summed E-state index contributed by atoms with van der Waals surface area (Å²) in [5, 5.41) is 8.88. The fourth-order valence-electron chi connectivity index (χ4n) is 1.70. The van der Waals surface area contributed by atoms with Crippen molar-refractivity contribution in [3.05, 3.63) is 21.9 Å². The van der Waals surface area contributed by atoms with Crippen molar-refractivity contribution in [2.24, 2.45) is 0 Å². The summed E-state index contributed by atoms with van der Waals surface area (Å²) in [5.41, 5.74) is 0.444. The first kappa shape index (κ1) is 11.9. The van der Waals surface area contributed by atoms with Gasteiger partial charge in [-0.15, -0.1) is 0 Å². The Hall–Kier alpha value is -1.61. The van der Waals surface area contributed by atoms with Crippen molar-refractivity contribution in [1.82, 2.24) is 0 Å². The van der Waals surface area contributed by atoms with Crippen LogP contribution < -0.4 is 9.64 Å². The Morgan fingerprint density at radius 2 is 2.41 bits per heavy atom. The third kappa shape index (κ3) is 1.87. The highest BCUT2D eigenvalue weighted by atomic mass is 79.9. The summed E-state index contributed by atoms with van der Waals surface area (Å²) in [5.74, 6) is -0.845. The second-order valence-electron chi connectivity index (χ2n) is 3.53. The molecule has 0 saturated heterocycles. The molecule has 2 rings (SSSR count). The molecule has 1 aliphatic rings. The summed E-state index contributed by atoms with van der Waals surface area (Å²) in [6, 6.07) is 3.31. The molecule has 1 aromatic rings. The SMILES string of the molecule is CC(=O)N1CCOc2c1cc(C#N)c(Br)c2F. The van der Waals surface area contributed by atoms with Crippen molar-refractivity contribution in [3.8, 4) is 11.8 Å². The van der Waals surface area contributed by atoms with E-state index in [2.05, 4.69) is 15.9 Å². The zero-order valence-electron chi connectivity index (χ0n) is 8.96. The van der Waals surface area contributed by atoms with Crippen LogP contribution in [0.2, 0.25) is 0 Å². The van der Waals surface area contributed by atoms with E-state index < -0.39 is 5.82 Å². The van der Waals surface area contributed by atoms with Crippen LogP contribution in [-0.4, -0.2) is 19.1 Å². The van der Waals surface area contributed by atoms with Gasteiger partial charge in [-0.1, -0.05) is 0 Å². The Labute approximate surface area is 106 Å². The van der Waals surface area contributed by atoms with Crippen LogP contribution in [0.1, 0.15) is 12.5 Å². The van der Waals surface area contributed by atoms with Crippen molar-refractivity contribution in [2.45, 2.75) is 6.92 Å². The molecule has 4 nitrogen and oxygen atoms in total. The zero-order valence-corrected chi connectivity index (χ0v) is 10.5. The number of fused-ring (bicyclic) bond motifs is 1. The molecular formula is C11H8BrFN2O2. The zero-order chi connectivity index (χ0) is 12.6. The molecule has 1 aliphatic heterocycles. The number of hydrogen-bond acceptors (Lipinski definition) is 3. The van der Waals surface area contributed by atoms with E-state index in [4.69, 9.17) is 10.00 Å². The number of hydrogen-bond donors (Lipinski definition) is 0. The Morgan fingerprint density at radius 3 is 3.00 bits per heavy atom. The van der Waals surface area contributed by atoms with Crippen LogP contribution in [0.15, 0.2) is 10.5 Å². The van der Waals surface area contributed by atoms with Gasteiger partial charge in [0.15, 0.2) is 11.6 Å². The molecule has 17 heavy (non-hydrogen) atoms. The molecular weight excluding hydrogens is 291 g/mol. The van der Waals surface area contributed by atoms with Gasteiger partial charge in [-0.2, -0.15) is 5.26 Å². The van der Waals surface area contributed by atoms with Gasteiger partial charge in [0, 0.05) is 6.92 Å². The maximum atomic E-state index is 13.9. The van der Waals surface area contributed by atoms with E-state index in [1.807, 2.05) is 6.07 Å². The molecule has 6 heteroatoms. The Bertz CT molecular complexity index is 539. The highest BCUT2D eigenvalue weighted by Gasteiger charge is 2.27. The number of halogens is 2. The van der Waals surface area contributed by atoms with E-state index in [9.17, 15) is 9.18 Å². The number of nitriles is 1. The Balaban J connectivity index is 2.67. The number of benzene rings is 1. The second kappa shape index (κ2) is 4.34. The van der Waals surface area contributed by atoms with Crippen molar-refractivity contribution in [3.63, 3.8) is 0 Å². The van der Waals surface area contributed by atoms with Crippen molar-refractivity contribution in [2.75, 3.05) is 18.1 Å². The van der Waals surface area contributed by atoms with E-state index in [0.29, 0.717) is 12.2 Å². The van der Waals surface area contributed by atoms with Gasteiger partial charge in [0.05, 0.1) is 22.3 Å². The van der Waals surface area contributed by atoms with Gasteiger partial charge in [0.1, 0.15) is 12.7 Å². The van der Waals surface area contributed by atoms with Gasteiger partial charge in [0.2, 0.25) is 5.91 Å². The number of nitrogens with zero attached hydrogens (tertiary/aromatic N) is 2. The molecule has 1 amide bonds. The molecule has 0 radical (unpaired) electrons. The molecule has 0 fully saturated rings. The maximum absolute atomic E-state index is 13.9. The van der Waals surface area contributed by atoms with Gasteiger partial charge < -0.3 is 9.64 Å². The summed E-state index contributed by atoms with van der Waals surface area (Å²) in [7, 11) is 0. The fraction of sp³-hybridized carbons (Fsp3) is 0.273. The molecule has 0 aliphatic carbocycles. The summed E-state index contributed by atoms with van der Waals surface area (Å²) < 4.78 is 19.2. The summed E-state index contributed by atoms with van der Waals surface area (Å²) in [6.07, 6.45) is 0. The van der Waals surface area contributed by atoms with Gasteiger partial charge >= 0.3 is 0 Å². The lowest BCUT2D eigenvalue weighted by molar-refractivity contribution is -0.116. The monoisotopic (exact) mass is 298 g/mol. The highest BCUT2D eigenvalue weighted by molar-refractivity contribution is 9.10. The van der Waals surface area contributed by atoms with Crippen LogP contribution in [0.4, 0.5) is 10.1 Å². The minimum atomic E-state index is -0.648. The summed E-state index contributed by atoms with van der Waals surface area (Å²) in [6.45, 7) is 1.98. The summed E-state index contributed by atoms with van der Waals surface area (Å²) >= 11 is 3.00. The highest BCUT2D eigenvalue weighted by Crippen LogP contribution is 2.39. The van der Waals surface area contributed by atoms with E-state index in [1.54, 1.807) is 0 Å². The van der Waals surface area contributed by atoms with Crippen LogP contribution in [0.3, 0.4) is 0 Å². The lowest BCUT2D eigenvalue weighted by Gasteiger charge is -2.29. The van der Waals surface area contributed by atoms with Crippen molar-refractivity contribution >= 4 is 27.5 Å². The standard InChI is InChI=1S/C11H8BrFN2O2/c1-6(16)15-2-3-17-11-8(15)4-7(5-14)9(12)10(11)13/h4H,2-3H2,1H3. The number of anilines is 1. The predicted molar refractivity (Wildman–Crippen MR) is 62.3 cm³/mol. The molecule has 0 unspecified atom stereocenters. The number of carbonyl (C=O) groups excluding carboxylic acids is 1. The van der Waals surface area contributed by atoms with Crippen LogP contribution in [0.25, 0.3) is 0 Å². The normalized spacial score (nSPS) is 13.6. The van der Waals surface area contributed by atoms with Gasteiger partial charge in [-0.25, -0.2) is 4.39 Å². The van der Waals surface area contributed by atoms with Crippen LogP contribution in [0, 0.1) is 17.1 Å². The molecule has 0 saturated carbocycles. The van der Waals surface area contributed by atoms with Gasteiger partial charge in [-0.05, 0) is 22.0 Å². The number of carbonyl (C=O) groups is 1. The van der Waals surface area contributed by atoms with Crippen molar-refractivity contribution in [1.29, 1.82) is 5.26 Å². The first-order valence-electron chi connectivity index (χ1n) is 4.89. The second-order valence-corrected chi connectivity index (χ2v) is 4.32. The molecule has 88 valence electrons. The van der Waals surface area contributed by atoms with Gasteiger partial charge in [-0.3, -0.25) is 4.79 Å². The number of ether oxygens (including phenoxy) is 1. The lowest BCUT2D eigenvalue weighted by atomic mass is 10.1. The first-order valence-corrected chi connectivity index (χ1v) is 5.68. The lowest BCUT2D eigenvalue weighted by Crippen LogP contribution is -2.36. The summed E-state index contributed by atoms with van der Waals surface area (Å²) in [4.78, 5) is 12.8. The molecule has 0 N–H and O–H groups in total. The molecule has 0 atom stereocenters. The third-order valence-corrected chi connectivity index (χ3v) is 3.27. The first-order chi connectivity index (χ1) is 8.06. The van der Waals surface area contributed by atoms with Crippen LogP contribution in [-0.2, 0) is 4.79 Å². The smallest absolute Gasteiger partial charge is 0.224 e. The average Bonchev–Trinajstić information content (AvgIpc) is 2.32. The van der Waals surface area contributed by atoms with E-state index in [1.165, 1.54) is 17.9 Å². The molecule has 1 heterocycles. The maximum Gasteiger partial charge on any atom is 0.224 e. The third-order valence-electron chi connectivity index (χ3n) is 2.49. The molecule has 1 aromatic carbocycles.